The van der Waals surface area contributed by atoms with Gasteiger partial charge in [0, 0.05) is 11.9 Å². The zero-order chi connectivity index (χ0) is 15.4. The fourth-order valence-electron chi connectivity index (χ4n) is 2.51. The molecule has 1 aromatic heterocycles. The van der Waals surface area contributed by atoms with Crippen molar-refractivity contribution < 1.29 is 4.79 Å². The molecule has 0 bridgehead atoms. The molecule has 0 aliphatic carbocycles. The SMILES string of the molecule is CCC1(c2ccccc2)NC(SCc2ccccn2)=NC1=O. The van der Waals surface area contributed by atoms with Gasteiger partial charge in [-0.2, -0.15) is 4.99 Å². The number of amides is 1. The summed E-state index contributed by atoms with van der Waals surface area (Å²) in [5, 5.41) is 3.99. The molecule has 1 N–H and O–H groups in total. The molecule has 112 valence electrons. The van der Waals surface area contributed by atoms with Crippen LogP contribution in [0, 0.1) is 0 Å². The Morgan fingerprint density at radius 2 is 1.91 bits per heavy atom. The summed E-state index contributed by atoms with van der Waals surface area (Å²) in [6.45, 7) is 2.00. The monoisotopic (exact) mass is 311 g/mol. The summed E-state index contributed by atoms with van der Waals surface area (Å²) in [5.74, 6) is 0.568. The van der Waals surface area contributed by atoms with Crippen molar-refractivity contribution in [1.82, 2.24) is 10.3 Å². The number of rotatable bonds is 4. The standard InChI is InChI=1S/C17H17N3OS/c1-2-17(13-8-4-3-5-9-13)15(21)19-16(20-17)22-12-14-10-6-7-11-18-14/h3-11H,2,12H2,1H3,(H,19,20,21). The van der Waals surface area contributed by atoms with E-state index < -0.39 is 5.54 Å². The maximum atomic E-state index is 12.5. The summed E-state index contributed by atoms with van der Waals surface area (Å²) in [6, 6.07) is 15.6. The quantitative estimate of drug-likeness (QED) is 0.942. The number of amidine groups is 1. The van der Waals surface area contributed by atoms with Crippen LogP contribution in [0.2, 0.25) is 0 Å². The lowest BCUT2D eigenvalue weighted by molar-refractivity contribution is -0.123. The van der Waals surface area contributed by atoms with Crippen LogP contribution in [0.3, 0.4) is 0 Å². The first-order valence-corrected chi connectivity index (χ1v) is 8.23. The van der Waals surface area contributed by atoms with Crippen LogP contribution < -0.4 is 5.32 Å². The highest BCUT2D eigenvalue weighted by Crippen LogP contribution is 2.32. The first-order valence-electron chi connectivity index (χ1n) is 7.24. The molecular formula is C17H17N3OS. The summed E-state index contributed by atoms with van der Waals surface area (Å²) in [5.41, 5.74) is 1.20. The smallest absolute Gasteiger partial charge is 0.278 e. The summed E-state index contributed by atoms with van der Waals surface area (Å²) >= 11 is 1.51. The predicted octanol–water partition coefficient (Wildman–Crippen LogP) is 3.11. The molecule has 0 spiro atoms. The highest BCUT2D eigenvalue weighted by atomic mass is 32.2. The predicted molar refractivity (Wildman–Crippen MR) is 89.5 cm³/mol. The number of pyridine rings is 1. The van der Waals surface area contributed by atoms with Crippen molar-refractivity contribution in [2.45, 2.75) is 24.6 Å². The number of carbonyl (C=O) groups excluding carboxylic acids is 1. The number of thioether (sulfide) groups is 1. The van der Waals surface area contributed by atoms with Crippen molar-refractivity contribution in [3.8, 4) is 0 Å². The minimum atomic E-state index is -0.728. The summed E-state index contributed by atoms with van der Waals surface area (Å²) in [4.78, 5) is 21.0. The van der Waals surface area contributed by atoms with E-state index >= 15 is 0 Å². The van der Waals surface area contributed by atoms with E-state index in [2.05, 4.69) is 15.3 Å². The third kappa shape index (κ3) is 2.76. The van der Waals surface area contributed by atoms with Gasteiger partial charge in [-0.1, -0.05) is 55.1 Å². The molecule has 1 unspecified atom stereocenters. The van der Waals surface area contributed by atoms with Crippen LogP contribution in [-0.4, -0.2) is 16.1 Å². The topological polar surface area (TPSA) is 54.4 Å². The van der Waals surface area contributed by atoms with Gasteiger partial charge in [0.2, 0.25) is 0 Å². The second-order valence-electron chi connectivity index (χ2n) is 5.08. The third-order valence-corrected chi connectivity index (χ3v) is 4.68. The molecule has 0 saturated carbocycles. The number of hydrogen-bond donors (Lipinski definition) is 1. The molecule has 1 aliphatic rings. The zero-order valence-corrected chi connectivity index (χ0v) is 13.1. The van der Waals surface area contributed by atoms with Gasteiger partial charge in [-0.25, -0.2) is 0 Å². The van der Waals surface area contributed by atoms with Crippen molar-refractivity contribution in [2.24, 2.45) is 4.99 Å². The minimum absolute atomic E-state index is 0.121. The van der Waals surface area contributed by atoms with Crippen LogP contribution >= 0.6 is 11.8 Å². The van der Waals surface area contributed by atoms with Crippen LogP contribution in [0.25, 0.3) is 0 Å². The van der Waals surface area contributed by atoms with Crippen molar-refractivity contribution in [1.29, 1.82) is 0 Å². The van der Waals surface area contributed by atoms with E-state index in [1.54, 1.807) is 6.20 Å². The average molecular weight is 311 g/mol. The summed E-state index contributed by atoms with van der Waals surface area (Å²) < 4.78 is 0. The fourth-order valence-corrected chi connectivity index (χ4v) is 3.36. The molecule has 0 saturated heterocycles. The molecular weight excluding hydrogens is 294 g/mol. The van der Waals surface area contributed by atoms with E-state index in [1.165, 1.54) is 11.8 Å². The molecule has 1 aliphatic heterocycles. The number of nitrogens with one attached hydrogen (secondary N) is 1. The van der Waals surface area contributed by atoms with E-state index in [1.807, 2.05) is 55.5 Å². The summed E-state index contributed by atoms with van der Waals surface area (Å²) in [7, 11) is 0. The lowest BCUT2D eigenvalue weighted by atomic mass is 9.87. The molecule has 2 heterocycles. The van der Waals surface area contributed by atoms with Crippen LogP contribution in [0.4, 0.5) is 0 Å². The van der Waals surface area contributed by atoms with Gasteiger partial charge in [0.05, 0.1) is 5.69 Å². The molecule has 1 atom stereocenters. The normalized spacial score (nSPS) is 20.6. The van der Waals surface area contributed by atoms with Gasteiger partial charge in [0.25, 0.3) is 5.91 Å². The van der Waals surface area contributed by atoms with Crippen LogP contribution in [0.1, 0.15) is 24.6 Å². The van der Waals surface area contributed by atoms with E-state index in [0.717, 1.165) is 11.3 Å². The van der Waals surface area contributed by atoms with E-state index in [0.29, 0.717) is 17.3 Å². The van der Waals surface area contributed by atoms with Gasteiger partial charge < -0.3 is 5.32 Å². The number of aromatic nitrogens is 1. The van der Waals surface area contributed by atoms with Crippen LogP contribution in [0.15, 0.2) is 59.7 Å². The van der Waals surface area contributed by atoms with Gasteiger partial charge in [-0.3, -0.25) is 9.78 Å². The molecule has 4 nitrogen and oxygen atoms in total. The van der Waals surface area contributed by atoms with Gasteiger partial charge in [-0.05, 0) is 24.1 Å². The molecule has 3 rings (SSSR count). The largest absolute Gasteiger partial charge is 0.347 e. The molecule has 0 fully saturated rings. The number of hydrogen-bond acceptors (Lipinski definition) is 4. The van der Waals surface area contributed by atoms with Crippen molar-refractivity contribution in [2.75, 3.05) is 0 Å². The van der Waals surface area contributed by atoms with Gasteiger partial charge in [0.15, 0.2) is 5.17 Å². The lowest BCUT2D eigenvalue weighted by Crippen LogP contribution is -2.44. The Kier molecular flexibility index (Phi) is 4.24. The number of carbonyl (C=O) groups is 1. The molecule has 1 amide bonds. The van der Waals surface area contributed by atoms with E-state index in [4.69, 9.17) is 0 Å². The second-order valence-corrected chi connectivity index (χ2v) is 6.05. The van der Waals surface area contributed by atoms with Gasteiger partial charge in [-0.15, -0.1) is 0 Å². The highest BCUT2D eigenvalue weighted by Gasteiger charge is 2.43. The summed E-state index contributed by atoms with van der Waals surface area (Å²) in [6.07, 6.45) is 2.43. The van der Waals surface area contributed by atoms with Crippen molar-refractivity contribution >= 4 is 22.8 Å². The maximum absolute atomic E-state index is 12.5. The van der Waals surface area contributed by atoms with E-state index in [9.17, 15) is 4.79 Å². The molecule has 2 aromatic rings. The van der Waals surface area contributed by atoms with Gasteiger partial charge >= 0.3 is 0 Å². The Morgan fingerprint density at radius 3 is 2.59 bits per heavy atom. The fraction of sp³-hybridized carbons (Fsp3) is 0.235. The molecule has 22 heavy (non-hydrogen) atoms. The number of nitrogens with zero attached hydrogens (tertiary/aromatic N) is 2. The first kappa shape index (κ1) is 14.8. The number of aliphatic imine (C=N–C) groups is 1. The molecule has 0 radical (unpaired) electrons. The van der Waals surface area contributed by atoms with E-state index in [-0.39, 0.29) is 5.91 Å². The average Bonchev–Trinajstić information content (AvgIpc) is 2.92. The van der Waals surface area contributed by atoms with Crippen molar-refractivity contribution in [3.05, 3.63) is 66.0 Å². The molecule has 1 aromatic carbocycles. The minimum Gasteiger partial charge on any atom is -0.347 e. The first-order chi connectivity index (χ1) is 10.7. The Bertz CT molecular complexity index is 688. The van der Waals surface area contributed by atoms with Crippen molar-refractivity contribution in [3.63, 3.8) is 0 Å². The Hall–Kier alpha value is -2.14. The highest BCUT2D eigenvalue weighted by molar-refractivity contribution is 8.13. The Morgan fingerprint density at radius 1 is 1.14 bits per heavy atom. The third-order valence-electron chi connectivity index (χ3n) is 3.77. The molecule has 5 heteroatoms. The second kappa shape index (κ2) is 6.32. The van der Waals surface area contributed by atoms with Crippen LogP contribution in [0.5, 0.6) is 0 Å². The number of benzene rings is 1. The Balaban J connectivity index is 1.75. The Labute approximate surface area is 134 Å². The van der Waals surface area contributed by atoms with Crippen LogP contribution in [-0.2, 0) is 16.1 Å². The van der Waals surface area contributed by atoms with Gasteiger partial charge in [0.1, 0.15) is 5.54 Å². The maximum Gasteiger partial charge on any atom is 0.278 e. The zero-order valence-electron chi connectivity index (χ0n) is 12.3. The lowest BCUT2D eigenvalue weighted by Gasteiger charge is -2.26.